The summed E-state index contributed by atoms with van der Waals surface area (Å²) >= 11 is 0. The molecule has 1 saturated heterocycles. The fraction of sp³-hybridized carbons (Fsp3) is 0.632. The van der Waals surface area contributed by atoms with E-state index in [0.29, 0.717) is 43.1 Å². The number of sulfonamides is 1. The largest absolute Gasteiger partial charge is 0.352 e. The number of piperidine rings is 1. The van der Waals surface area contributed by atoms with Gasteiger partial charge in [-0.2, -0.15) is 4.31 Å². The summed E-state index contributed by atoms with van der Waals surface area (Å²) in [6.07, 6.45) is 2.41. The van der Waals surface area contributed by atoms with Gasteiger partial charge in [0.2, 0.25) is 10.0 Å². The predicted octanol–water partition coefficient (Wildman–Crippen LogP) is 2.19. The molecule has 0 radical (unpaired) electrons. The van der Waals surface area contributed by atoms with Crippen molar-refractivity contribution in [2.24, 2.45) is 11.7 Å². The molecular weight excluding hydrogens is 350 g/mol. The lowest BCUT2D eigenvalue weighted by Crippen LogP contribution is -2.38. The minimum Gasteiger partial charge on any atom is -0.352 e. The summed E-state index contributed by atoms with van der Waals surface area (Å²) in [6, 6.07) is 3.26. The van der Waals surface area contributed by atoms with Crippen molar-refractivity contribution < 1.29 is 13.2 Å². The molecule has 1 aliphatic rings. The van der Waals surface area contributed by atoms with Crippen LogP contribution in [0.25, 0.3) is 0 Å². The van der Waals surface area contributed by atoms with Crippen LogP contribution in [0.5, 0.6) is 0 Å². The Morgan fingerprint density at radius 2 is 1.92 bits per heavy atom. The average Bonchev–Trinajstić information content (AvgIpc) is 2.56. The van der Waals surface area contributed by atoms with Gasteiger partial charge in [-0.1, -0.05) is 6.92 Å². The Labute approximate surface area is 157 Å². The zero-order chi connectivity index (χ0) is 19.5. The SMILES string of the molecule is Cc1cc(C(=O)NCCC(C)N)cc(S(=O)(=O)N2CCC(C)CC2)c1C. The standard InChI is InChI=1S/C19H31N3O3S/c1-13-6-9-22(10-7-13)26(24,25)18-12-17(11-14(2)16(18)4)19(23)21-8-5-15(3)20/h11-13,15H,5-10,20H2,1-4H3,(H,21,23). The summed E-state index contributed by atoms with van der Waals surface area (Å²) in [5.74, 6) is 0.281. The molecule has 3 N–H and O–H groups in total. The van der Waals surface area contributed by atoms with E-state index in [1.807, 2.05) is 13.8 Å². The number of hydrogen-bond acceptors (Lipinski definition) is 4. The predicted molar refractivity (Wildman–Crippen MR) is 104 cm³/mol. The highest BCUT2D eigenvalue weighted by Gasteiger charge is 2.30. The molecule has 1 aromatic rings. The maximum atomic E-state index is 13.1. The Balaban J connectivity index is 2.28. The molecular formula is C19H31N3O3S. The molecule has 146 valence electrons. The van der Waals surface area contributed by atoms with E-state index in [9.17, 15) is 13.2 Å². The van der Waals surface area contributed by atoms with Crippen LogP contribution in [-0.2, 0) is 10.0 Å². The van der Waals surface area contributed by atoms with Gasteiger partial charge in [-0.25, -0.2) is 8.42 Å². The van der Waals surface area contributed by atoms with E-state index >= 15 is 0 Å². The number of hydrogen-bond donors (Lipinski definition) is 2. The number of amides is 1. The minimum atomic E-state index is -3.60. The molecule has 1 aliphatic heterocycles. The molecule has 1 amide bonds. The quantitative estimate of drug-likeness (QED) is 0.790. The van der Waals surface area contributed by atoms with Crippen molar-refractivity contribution in [2.45, 2.75) is 57.9 Å². The van der Waals surface area contributed by atoms with E-state index in [0.717, 1.165) is 18.4 Å². The molecule has 6 nitrogen and oxygen atoms in total. The first kappa shape index (κ1) is 20.9. The van der Waals surface area contributed by atoms with Crippen LogP contribution in [0.15, 0.2) is 17.0 Å². The first-order valence-electron chi connectivity index (χ1n) is 9.28. The molecule has 0 saturated carbocycles. The number of nitrogens with one attached hydrogen (secondary N) is 1. The summed E-state index contributed by atoms with van der Waals surface area (Å²) in [6.45, 7) is 9.20. The topological polar surface area (TPSA) is 92.5 Å². The molecule has 7 heteroatoms. The maximum absolute atomic E-state index is 13.1. The number of benzene rings is 1. The maximum Gasteiger partial charge on any atom is 0.251 e. The third kappa shape index (κ3) is 4.84. The van der Waals surface area contributed by atoms with Gasteiger partial charge in [-0.3, -0.25) is 4.79 Å². The van der Waals surface area contributed by atoms with Gasteiger partial charge >= 0.3 is 0 Å². The highest BCUT2D eigenvalue weighted by atomic mass is 32.2. The summed E-state index contributed by atoms with van der Waals surface area (Å²) in [5.41, 5.74) is 7.58. The van der Waals surface area contributed by atoms with Gasteiger partial charge in [0.05, 0.1) is 4.90 Å². The van der Waals surface area contributed by atoms with Crippen molar-refractivity contribution in [1.82, 2.24) is 9.62 Å². The average molecular weight is 382 g/mol. The monoisotopic (exact) mass is 381 g/mol. The van der Waals surface area contributed by atoms with Gasteiger partial charge in [0.1, 0.15) is 0 Å². The van der Waals surface area contributed by atoms with E-state index in [4.69, 9.17) is 5.73 Å². The number of aryl methyl sites for hydroxylation is 1. The smallest absolute Gasteiger partial charge is 0.251 e. The van der Waals surface area contributed by atoms with Gasteiger partial charge in [0, 0.05) is 31.2 Å². The first-order chi connectivity index (χ1) is 12.1. The number of carbonyl (C=O) groups is 1. The van der Waals surface area contributed by atoms with Crippen molar-refractivity contribution in [1.29, 1.82) is 0 Å². The van der Waals surface area contributed by atoms with Gasteiger partial charge in [0.25, 0.3) is 5.91 Å². The molecule has 1 heterocycles. The lowest BCUT2D eigenvalue weighted by molar-refractivity contribution is 0.0952. The van der Waals surface area contributed by atoms with Crippen molar-refractivity contribution in [3.8, 4) is 0 Å². The molecule has 2 rings (SSSR count). The van der Waals surface area contributed by atoms with E-state index in [-0.39, 0.29) is 16.8 Å². The summed E-state index contributed by atoms with van der Waals surface area (Å²) < 4.78 is 27.8. The third-order valence-corrected chi connectivity index (χ3v) is 7.15. The van der Waals surface area contributed by atoms with Gasteiger partial charge in [-0.05, 0) is 69.2 Å². The molecule has 0 aliphatic carbocycles. The van der Waals surface area contributed by atoms with Crippen LogP contribution in [0.1, 0.15) is 54.6 Å². The Morgan fingerprint density at radius 1 is 1.31 bits per heavy atom. The van der Waals surface area contributed by atoms with Crippen LogP contribution < -0.4 is 11.1 Å². The zero-order valence-electron chi connectivity index (χ0n) is 16.2. The molecule has 0 bridgehead atoms. The van der Waals surface area contributed by atoms with Crippen molar-refractivity contribution >= 4 is 15.9 Å². The molecule has 1 atom stereocenters. The van der Waals surface area contributed by atoms with Crippen LogP contribution in [0.4, 0.5) is 0 Å². The van der Waals surface area contributed by atoms with Crippen LogP contribution in [-0.4, -0.2) is 44.3 Å². The van der Waals surface area contributed by atoms with E-state index in [2.05, 4.69) is 12.2 Å². The summed E-state index contributed by atoms with van der Waals surface area (Å²) in [7, 11) is -3.60. The molecule has 1 fully saturated rings. The first-order valence-corrected chi connectivity index (χ1v) is 10.7. The lowest BCUT2D eigenvalue weighted by Gasteiger charge is -2.30. The second-order valence-corrected chi connectivity index (χ2v) is 9.43. The number of nitrogens with zero attached hydrogens (tertiary/aromatic N) is 1. The Hall–Kier alpha value is -1.44. The second kappa shape index (κ2) is 8.50. The van der Waals surface area contributed by atoms with E-state index in [1.165, 1.54) is 6.07 Å². The van der Waals surface area contributed by atoms with E-state index < -0.39 is 10.0 Å². The Bertz CT molecular complexity index is 752. The van der Waals surface area contributed by atoms with Crippen molar-refractivity contribution in [3.63, 3.8) is 0 Å². The van der Waals surface area contributed by atoms with E-state index in [1.54, 1.807) is 17.3 Å². The van der Waals surface area contributed by atoms with Crippen LogP contribution >= 0.6 is 0 Å². The normalized spacial score (nSPS) is 17.9. The molecule has 0 aromatic heterocycles. The Kier molecular flexibility index (Phi) is 6.82. The highest BCUT2D eigenvalue weighted by Crippen LogP contribution is 2.28. The fourth-order valence-corrected chi connectivity index (χ4v) is 4.90. The fourth-order valence-electron chi connectivity index (χ4n) is 3.11. The summed E-state index contributed by atoms with van der Waals surface area (Å²) in [4.78, 5) is 12.7. The summed E-state index contributed by atoms with van der Waals surface area (Å²) in [5, 5.41) is 2.81. The minimum absolute atomic E-state index is 0.00693. The van der Waals surface area contributed by atoms with Crippen LogP contribution in [0, 0.1) is 19.8 Å². The molecule has 1 unspecified atom stereocenters. The lowest BCUT2D eigenvalue weighted by atomic mass is 10.0. The van der Waals surface area contributed by atoms with Gasteiger partial charge in [-0.15, -0.1) is 0 Å². The van der Waals surface area contributed by atoms with Crippen molar-refractivity contribution in [3.05, 3.63) is 28.8 Å². The van der Waals surface area contributed by atoms with Crippen molar-refractivity contribution in [2.75, 3.05) is 19.6 Å². The Morgan fingerprint density at radius 3 is 2.50 bits per heavy atom. The molecule has 0 spiro atoms. The van der Waals surface area contributed by atoms with Gasteiger partial charge < -0.3 is 11.1 Å². The number of nitrogens with two attached hydrogens (primary N) is 1. The molecule has 1 aromatic carbocycles. The number of carbonyl (C=O) groups excluding carboxylic acids is 1. The highest BCUT2D eigenvalue weighted by molar-refractivity contribution is 7.89. The van der Waals surface area contributed by atoms with Gasteiger partial charge in [0.15, 0.2) is 0 Å². The third-order valence-electron chi connectivity index (χ3n) is 5.13. The van der Waals surface area contributed by atoms with Crippen LogP contribution in [0.3, 0.4) is 0 Å². The molecule has 26 heavy (non-hydrogen) atoms. The zero-order valence-corrected chi connectivity index (χ0v) is 17.0. The number of rotatable bonds is 6. The second-order valence-electron chi connectivity index (χ2n) is 7.52. The van der Waals surface area contributed by atoms with Crippen LogP contribution in [0.2, 0.25) is 0 Å².